The number of anilines is 1. The molecule has 2 rings (SSSR count). The predicted molar refractivity (Wildman–Crippen MR) is 73.5 cm³/mol. The summed E-state index contributed by atoms with van der Waals surface area (Å²) in [6.07, 6.45) is 0.641. The van der Waals surface area contributed by atoms with Crippen LogP contribution >= 0.6 is 11.6 Å². The van der Waals surface area contributed by atoms with Crippen LogP contribution in [0.5, 0.6) is 0 Å². The molecule has 1 aliphatic heterocycles. The standard InChI is InChI=1S/C14H18ClNO2/c1-3-16-8-10(7-9(2)14(17)18)13-11(15)5-4-6-12(13)16/h4-6,9-10H,3,7-8H2,1-2H3,(H,17,18). The van der Waals surface area contributed by atoms with Gasteiger partial charge in [-0.15, -0.1) is 0 Å². The Kier molecular flexibility index (Phi) is 3.81. The molecule has 0 bridgehead atoms. The van der Waals surface area contributed by atoms with Gasteiger partial charge in [0.2, 0.25) is 0 Å². The molecule has 1 aromatic rings. The van der Waals surface area contributed by atoms with Crippen molar-refractivity contribution in [3.63, 3.8) is 0 Å². The molecular weight excluding hydrogens is 250 g/mol. The van der Waals surface area contributed by atoms with Crippen LogP contribution in [0.3, 0.4) is 0 Å². The number of fused-ring (bicyclic) bond motifs is 1. The summed E-state index contributed by atoms with van der Waals surface area (Å²) in [6.45, 7) is 5.65. The van der Waals surface area contributed by atoms with Gasteiger partial charge in [-0.25, -0.2) is 0 Å². The van der Waals surface area contributed by atoms with Crippen molar-refractivity contribution in [3.05, 3.63) is 28.8 Å². The van der Waals surface area contributed by atoms with Gasteiger partial charge in [0.1, 0.15) is 0 Å². The second kappa shape index (κ2) is 5.19. The van der Waals surface area contributed by atoms with E-state index in [9.17, 15) is 4.79 Å². The minimum atomic E-state index is -0.737. The van der Waals surface area contributed by atoms with E-state index in [-0.39, 0.29) is 11.8 Å². The molecule has 0 radical (unpaired) electrons. The number of hydrogen-bond donors (Lipinski definition) is 1. The summed E-state index contributed by atoms with van der Waals surface area (Å²) in [5, 5.41) is 9.79. The molecule has 1 aromatic carbocycles. The quantitative estimate of drug-likeness (QED) is 0.909. The van der Waals surface area contributed by atoms with Crippen LogP contribution in [-0.4, -0.2) is 24.2 Å². The smallest absolute Gasteiger partial charge is 0.306 e. The Morgan fingerprint density at radius 1 is 1.61 bits per heavy atom. The summed E-state index contributed by atoms with van der Waals surface area (Å²) in [7, 11) is 0. The van der Waals surface area contributed by atoms with Crippen LogP contribution in [0.25, 0.3) is 0 Å². The van der Waals surface area contributed by atoms with E-state index in [1.807, 2.05) is 12.1 Å². The molecule has 1 heterocycles. The van der Waals surface area contributed by atoms with Crippen molar-refractivity contribution in [1.29, 1.82) is 0 Å². The number of hydrogen-bond acceptors (Lipinski definition) is 2. The Labute approximate surface area is 112 Å². The van der Waals surface area contributed by atoms with Crippen LogP contribution in [0.4, 0.5) is 5.69 Å². The van der Waals surface area contributed by atoms with Crippen molar-refractivity contribution in [3.8, 4) is 0 Å². The number of carbonyl (C=O) groups is 1. The molecule has 0 aromatic heterocycles. The lowest BCUT2D eigenvalue weighted by atomic mass is 9.91. The maximum atomic E-state index is 11.0. The van der Waals surface area contributed by atoms with Crippen LogP contribution in [0.15, 0.2) is 18.2 Å². The highest BCUT2D eigenvalue weighted by Gasteiger charge is 2.31. The zero-order valence-electron chi connectivity index (χ0n) is 10.7. The van der Waals surface area contributed by atoms with E-state index in [1.165, 1.54) is 0 Å². The lowest BCUT2D eigenvalue weighted by Crippen LogP contribution is -2.22. The van der Waals surface area contributed by atoms with Crippen molar-refractivity contribution in [2.75, 3.05) is 18.0 Å². The van der Waals surface area contributed by atoms with Gasteiger partial charge in [-0.3, -0.25) is 4.79 Å². The first-order valence-corrected chi connectivity index (χ1v) is 6.68. The van der Waals surface area contributed by atoms with Gasteiger partial charge in [-0.05, 0) is 31.0 Å². The first kappa shape index (κ1) is 13.2. The molecule has 0 amide bonds. The summed E-state index contributed by atoms with van der Waals surface area (Å²) in [5.41, 5.74) is 2.28. The van der Waals surface area contributed by atoms with E-state index in [0.29, 0.717) is 6.42 Å². The van der Waals surface area contributed by atoms with Gasteiger partial charge in [0.25, 0.3) is 0 Å². The van der Waals surface area contributed by atoms with E-state index < -0.39 is 5.97 Å². The maximum absolute atomic E-state index is 11.0. The van der Waals surface area contributed by atoms with E-state index in [2.05, 4.69) is 17.9 Å². The zero-order chi connectivity index (χ0) is 13.3. The molecule has 4 heteroatoms. The lowest BCUT2D eigenvalue weighted by molar-refractivity contribution is -0.141. The van der Waals surface area contributed by atoms with Crippen LogP contribution in [-0.2, 0) is 4.79 Å². The second-order valence-corrected chi connectivity index (χ2v) is 5.29. The fourth-order valence-electron chi connectivity index (χ4n) is 2.68. The summed E-state index contributed by atoms with van der Waals surface area (Å²) >= 11 is 6.28. The number of nitrogens with zero attached hydrogens (tertiary/aromatic N) is 1. The van der Waals surface area contributed by atoms with Crippen LogP contribution in [0.2, 0.25) is 5.02 Å². The number of aliphatic carboxylic acids is 1. The van der Waals surface area contributed by atoms with Gasteiger partial charge in [0.05, 0.1) is 5.92 Å². The number of benzene rings is 1. The average Bonchev–Trinajstić information content (AvgIpc) is 2.68. The predicted octanol–water partition coefficient (Wildman–Crippen LogP) is 3.37. The summed E-state index contributed by atoms with van der Waals surface area (Å²) < 4.78 is 0. The van der Waals surface area contributed by atoms with Crippen LogP contribution in [0.1, 0.15) is 31.7 Å². The Hall–Kier alpha value is -1.22. The first-order chi connectivity index (χ1) is 8.54. The van der Waals surface area contributed by atoms with Crippen molar-refractivity contribution in [2.24, 2.45) is 5.92 Å². The van der Waals surface area contributed by atoms with Gasteiger partial charge in [0, 0.05) is 29.7 Å². The molecule has 0 saturated heterocycles. The van der Waals surface area contributed by atoms with Crippen molar-refractivity contribution < 1.29 is 9.90 Å². The second-order valence-electron chi connectivity index (χ2n) is 4.88. The molecule has 2 atom stereocenters. The third kappa shape index (κ3) is 2.32. The Balaban J connectivity index is 2.29. The minimum Gasteiger partial charge on any atom is -0.481 e. The molecule has 98 valence electrons. The third-order valence-electron chi connectivity index (χ3n) is 3.66. The molecule has 0 aliphatic carbocycles. The number of likely N-dealkylation sites (N-methyl/N-ethyl adjacent to an activating group) is 1. The number of rotatable bonds is 4. The monoisotopic (exact) mass is 267 g/mol. The Bertz CT molecular complexity index is 461. The molecule has 18 heavy (non-hydrogen) atoms. The molecule has 0 saturated carbocycles. The molecule has 1 aliphatic rings. The van der Waals surface area contributed by atoms with Crippen molar-refractivity contribution in [2.45, 2.75) is 26.2 Å². The summed E-state index contributed by atoms with van der Waals surface area (Å²) in [4.78, 5) is 13.3. The Morgan fingerprint density at radius 3 is 2.94 bits per heavy atom. The van der Waals surface area contributed by atoms with Gasteiger partial charge < -0.3 is 10.0 Å². The van der Waals surface area contributed by atoms with E-state index in [1.54, 1.807) is 6.92 Å². The Morgan fingerprint density at radius 2 is 2.33 bits per heavy atom. The third-order valence-corrected chi connectivity index (χ3v) is 3.99. The molecule has 0 fully saturated rings. The van der Waals surface area contributed by atoms with E-state index in [4.69, 9.17) is 16.7 Å². The molecule has 3 nitrogen and oxygen atoms in total. The molecular formula is C14H18ClNO2. The van der Waals surface area contributed by atoms with Crippen LogP contribution in [0, 0.1) is 5.92 Å². The van der Waals surface area contributed by atoms with Crippen molar-refractivity contribution in [1.82, 2.24) is 0 Å². The summed E-state index contributed by atoms with van der Waals surface area (Å²) in [5.74, 6) is -0.853. The van der Waals surface area contributed by atoms with E-state index in [0.717, 1.165) is 29.4 Å². The highest BCUT2D eigenvalue weighted by Crippen LogP contribution is 2.43. The first-order valence-electron chi connectivity index (χ1n) is 6.30. The lowest BCUT2D eigenvalue weighted by Gasteiger charge is -2.17. The number of carboxylic acid groups (broad SMARTS) is 1. The minimum absolute atomic E-state index is 0.222. The van der Waals surface area contributed by atoms with E-state index >= 15 is 0 Å². The normalized spacial score (nSPS) is 19.7. The average molecular weight is 268 g/mol. The highest BCUT2D eigenvalue weighted by atomic mass is 35.5. The van der Waals surface area contributed by atoms with Crippen LogP contribution < -0.4 is 4.90 Å². The fourth-order valence-corrected chi connectivity index (χ4v) is 3.00. The SMILES string of the molecule is CCN1CC(CC(C)C(=O)O)c2c(Cl)cccc21. The topological polar surface area (TPSA) is 40.5 Å². The van der Waals surface area contributed by atoms with Gasteiger partial charge >= 0.3 is 5.97 Å². The molecule has 1 N–H and O–H groups in total. The largest absolute Gasteiger partial charge is 0.481 e. The van der Waals surface area contributed by atoms with Crippen molar-refractivity contribution >= 4 is 23.3 Å². The van der Waals surface area contributed by atoms with Gasteiger partial charge in [0.15, 0.2) is 0 Å². The number of halogens is 1. The number of carboxylic acids is 1. The summed E-state index contributed by atoms with van der Waals surface area (Å²) in [6, 6.07) is 5.90. The van der Waals surface area contributed by atoms with Gasteiger partial charge in [-0.2, -0.15) is 0 Å². The molecule has 0 spiro atoms. The van der Waals surface area contributed by atoms with Gasteiger partial charge in [-0.1, -0.05) is 24.6 Å². The fraction of sp³-hybridized carbons (Fsp3) is 0.500. The maximum Gasteiger partial charge on any atom is 0.306 e. The highest BCUT2D eigenvalue weighted by molar-refractivity contribution is 6.32. The molecule has 2 unspecified atom stereocenters. The zero-order valence-corrected chi connectivity index (χ0v) is 11.4.